The van der Waals surface area contributed by atoms with Gasteiger partial charge in [0.2, 0.25) is 5.91 Å². The van der Waals surface area contributed by atoms with Crippen molar-refractivity contribution in [2.45, 2.75) is 26.7 Å². The molecule has 1 amide bonds. The maximum Gasteiger partial charge on any atom is 0.220 e. The van der Waals surface area contributed by atoms with Gasteiger partial charge in [-0.3, -0.25) is 4.79 Å². The number of aryl methyl sites for hydroxylation is 2. The van der Waals surface area contributed by atoms with Gasteiger partial charge in [0.15, 0.2) is 0 Å². The van der Waals surface area contributed by atoms with Crippen molar-refractivity contribution in [2.75, 3.05) is 31.6 Å². The van der Waals surface area contributed by atoms with Crippen molar-refractivity contribution >= 4 is 11.6 Å². The summed E-state index contributed by atoms with van der Waals surface area (Å²) in [5.41, 5.74) is 3.60. The van der Waals surface area contributed by atoms with Crippen molar-refractivity contribution in [1.29, 1.82) is 0 Å². The van der Waals surface area contributed by atoms with Crippen molar-refractivity contribution in [3.63, 3.8) is 0 Å². The van der Waals surface area contributed by atoms with Crippen LogP contribution in [0, 0.1) is 6.92 Å². The van der Waals surface area contributed by atoms with E-state index >= 15 is 0 Å². The van der Waals surface area contributed by atoms with Gasteiger partial charge >= 0.3 is 0 Å². The molecule has 0 radical (unpaired) electrons. The van der Waals surface area contributed by atoms with Crippen LogP contribution in [0.1, 0.15) is 24.5 Å². The Morgan fingerprint density at radius 2 is 1.92 bits per heavy atom. The molecule has 0 heterocycles. The van der Waals surface area contributed by atoms with Gasteiger partial charge in [-0.1, -0.05) is 24.3 Å². The zero-order valence-electron chi connectivity index (χ0n) is 15.4. The van der Waals surface area contributed by atoms with Gasteiger partial charge in [0.05, 0.1) is 7.11 Å². The lowest BCUT2D eigenvalue weighted by molar-refractivity contribution is -0.120. The highest BCUT2D eigenvalue weighted by atomic mass is 16.5. The molecule has 0 aliphatic heterocycles. The summed E-state index contributed by atoms with van der Waals surface area (Å²) in [7, 11) is 1.65. The maximum absolute atomic E-state index is 12.0. The summed E-state index contributed by atoms with van der Waals surface area (Å²) in [6.07, 6.45) is 1.24. The second-order valence-corrected chi connectivity index (χ2v) is 6.12. The van der Waals surface area contributed by atoms with E-state index in [1.54, 1.807) is 7.11 Å². The Morgan fingerprint density at radius 3 is 2.56 bits per heavy atom. The van der Waals surface area contributed by atoms with Gasteiger partial charge in [0, 0.05) is 31.7 Å². The molecule has 2 rings (SSSR count). The molecule has 0 spiro atoms. The summed E-state index contributed by atoms with van der Waals surface area (Å²) < 4.78 is 5.14. The highest BCUT2D eigenvalue weighted by molar-refractivity contribution is 5.76. The summed E-state index contributed by atoms with van der Waals surface area (Å²) in [5, 5.41) is 3.02. The number of ether oxygens (including phenoxy) is 1. The van der Waals surface area contributed by atoms with E-state index in [0.717, 1.165) is 30.8 Å². The van der Waals surface area contributed by atoms with Gasteiger partial charge in [0.1, 0.15) is 5.75 Å². The van der Waals surface area contributed by atoms with E-state index in [1.165, 1.54) is 11.3 Å². The predicted molar refractivity (Wildman–Crippen MR) is 103 cm³/mol. The molecule has 4 heteroatoms. The number of amides is 1. The number of anilines is 1. The average molecular weight is 340 g/mol. The van der Waals surface area contributed by atoms with E-state index < -0.39 is 0 Å². The SMILES string of the molecule is CCN(CCNC(=O)CCc1ccc(OC)cc1)c1cccc(C)c1. The Hall–Kier alpha value is -2.49. The van der Waals surface area contributed by atoms with E-state index in [9.17, 15) is 4.79 Å². The molecule has 0 bridgehead atoms. The standard InChI is InChI=1S/C21H28N2O2/c1-4-23(19-7-5-6-17(2)16-19)15-14-22-21(24)13-10-18-8-11-20(25-3)12-9-18/h5-9,11-12,16H,4,10,13-15H2,1-3H3,(H,22,24). The number of nitrogens with one attached hydrogen (secondary N) is 1. The van der Waals surface area contributed by atoms with Crippen LogP contribution in [0.15, 0.2) is 48.5 Å². The number of benzene rings is 2. The third-order valence-corrected chi connectivity index (χ3v) is 4.25. The molecule has 1 N–H and O–H groups in total. The van der Waals surface area contributed by atoms with Crippen LogP contribution in [0.5, 0.6) is 5.75 Å². The smallest absolute Gasteiger partial charge is 0.220 e. The lowest BCUT2D eigenvalue weighted by Crippen LogP contribution is -2.35. The number of methoxy groups -OCH3 is 1. The monoisotopic (exact) mass is 340 g/mol. The first-order valence-corrected chi connectivity index (χ1v) is 8.83. The molecule has 134 valence electrons. The molecule has 0 saturated heterocycles. The van der Waals surface area contributed by atoms with Crippen LogP contribution in [0.2, 0.25) is 0 Å². The Morgan fingerprint density at radius 1 is 1.16 bits per heavy atom. The molecule has 0 unspecified atom stereocenters. The summed E-state index contributed by atoms with van der Waals surface area (Å²) in [6.45, 7) is 6.62. The number of rotatable bonds is 9. The highest BCUT2D eigenvalue weighted by Gasteiger charge is 2.06. The van der Waals surface area contributed by atoms with Crippen LogP contribution in [0.3, 0.4) is 0 Å². The van der Waals surface area contributed by atoms with Crippen LogP contribution >= 0.6 is 0 Å². The fourth-order valence-corrected chi connectivity index (χ4v) is 2.76. The zero-order valence-corrected chi connectivity index (χ0v) is 15.4. The summed E-state index contributed by atoms with van der Waals surface area (Å²) in [4.78, 5) is 14.3. The summed E-state index contributed by atoms with van der Waals surface area (Å²) >= 11 is 0. The quantitative estimate of drug-likeness (QED) is 0.759. The number of hydrogen-bond donors (Lipinski definition) is 1. The van der Waals surface area contributed by atoms with Crippen molar-refractivity contribution in [3.05, 3.63) is 59.7 Å². The van der Waals surface area contributed by atoms with Crippen LogP contribution in [0.25, 0.3) is 0 Å². The Balaban J connectivity index is 1.73. The van der Waals surface area contributed by atoms with Gasteiger partial charge in [-0.15, -0.1) is 0 Å². The number of nitrogens with zero attached hydrogens (tertiary/aromatic N) is 1. The molecule has 2 aromatic carbocycles. The first-order valence-electron chi connectivity index (χ1n) is 8.83. The van der Waals surface area contributed by atoms with E-state index in [1.807, 2.05) is 24.3 Å². The van der Waals surface area contributed by atoms with E-state index in [-0.39, 0.29) is 5.91 Å². The number of hydrogen-bond acceptors (Lipinski definition) is 3. The molecule has 0 aliphatic rings. The molecule has 0 aromatic heterocycles. The van der Waals surface area contributed by atoms with E-state index in [0.29, 0.717) is 13.0 Å². The van der Waals surface area contributed by atoms with Gasteiger partial charge in [-0.2, -0.15) is 0 Å². The topological polar surface area (TPSA) is 41.6 Å². The molecule has 0 atom stereocenters. The second kappa shape index (κ2) is 9.72. The fourth-order valence-electron chi connectivity index (χ4n) is 2.76. The first kappa shape index (κ1) is 18.8. The van der Waals surface area contributed by atoms with Crippen LogP contribution < -0.4 is 15.0 Å². The van der Waals surface area contributed by atoms with Crippen LogP contribution in [0.4, 0.5) is 5.69 Å². The predicted octanol–water partition coefficient (Wildman–Crippen LogP) is 3.58. The zero-order chi connectivity index (χ0) is 18.1. The molecular formula is C21H28N2O2. The molecule has 4 nitrogen and oxygen atoms in total. The normalized spacial score (nSPS) is 10.4. The largest absolute Gasteiger partial charge is 0.497 e. The number of carbonyl (C=O) groups excluding carboxylic acids is 1. The van der Waals surface area contributed by atoms with Gasteiger partial charge in [-0.05, 0) is 55.7 Å². The first-order chi connectivity index (χ1) is 12.1. The van der Waals surface area contributed by atoms with E-state index in [2.05, 4.69) is 48.3 Å². The second-order valence-electron chi connectivity index (χ2n) is 6.12. The number of carbonyl (C=O) groups is 1. The average Bonchev–Trinajstić information content (AvgIpc) is 2.64. The minimum Gasteiger partial charge on any atom is -0.497 e. The summed E-state index contributed by atoms with van der Waals surface area (Å²) in [6, 6.07) is 16.3. The Bertz CT molecular complexity index is 668. The van der Waals surface area contributed by atoms with Gasteiger partial charge < -0.3 is 15.0 Å². The fraction of sp³-hybridized carbons (Fsp3) is 0.381. The lowest BCUT2D eigenvalue weighted by atomic mass is 10.1. The van der Waals surface area contributed by atoms with Crippen molar-refractivity contribution in [3.8, 4) is 5.75 Å². The van der Waals surface area contributed by atoms with E-state index in [4.69, 9.17) is 4.74 Å². The molecule has 0 fully saturated rings. The summed E-state index contributed by atoms with van der Waals surface area (Å²) in [5.74, 6) is 0.931. The van der Waals surface area contributed by atoms with Gasteiger partial charge in [-0.25, -0.2) is 0 Å². The highest BCUT2D eigenvalue weighted by Crippen LogP contribution is 2.15. The number of likely N-dealkylation sites (N-methyl/N-ethyl adjacent to an activating group) is 1. The lowest BCUT2D eigenvalue weighted by Gasteiger charge is -2.23. The minimum absolute atomic E-state index is 0.0936. The van der Waals surface area contributed by atoms with Crippen molar-refractivity contribution in [1.82, 2.24) is 5.32 Å². The molecule has 0 saturated carbocycles. The third-order valence-electron chi connectivity index (χ3n) is 4.25. The molecule has 25 heavy (non-hydrogen) atoms. The molecule has 2 aromatic rings. The van der Waals surface area contributed by atoms with Crippen LogP contribution in [-0.4, -0.2) is 32.7 Å². The Kier molecular flexibility index (Phi) is 7.33. The van der Waals surface area contributed by atoms with Gasteiger partial charge in [0.25, 0.3) is 0 Å². The van der Waals surface area contributed by atoms with Crippen molar-refractivity contribution in [2.24, 2.45) is 0 Å². The van der Waals surface area contributed by atoms with Crippen LogP contribution in [-0.2, 0) is 11.2 Å². The maximum atomic E-state index is 12.0. The Labute approximate surface area is 150 Å². The minimum atomic E-state index is 0.0936. The third kappa shape index (κ3) is 6.14. The molecule has 0 aliphatic carbocycles. The van der Waals surface area contributed by atoms with Crippen molar-refractivity contribution < 1.29 is 9.53 Å². The molecular weight excluding hydrogens is 312 g/mol.